The van der Waals surface area contributed by atoms with Gasteiger partial charge in [-0.2, -0.15) is 0 Å². The van der Waals surface area contributed by atoms with E-state index < -0.39 is 0 Å². The van der Waals surface area contributed by atoms with Gasteiger partial charge in [0.1, 0.15) is 0 Å². The summed E-state index contributed by atoms with van der Waals surface area (Å²) in [6, 6.07) is 0. The average molecular weight is 232 g/mol. The maximum Gasteiger partial charge on any atom is 0.0701 e. The van der Waals surface area contributed by atoms with E-state index in [2.05, 4.69) is 24.1 Å². The number of rotatable bonds is 12. The lowest BCUT2D eigenvalue weighted by Gasteiger charge is -2.17. The summed E-state index contributed by atoms with van der Waals surface area (Å²) in [6.07, 6.45) is 0. The number of ether oxygens (including phenoxy) is 2. The van der Waals surface area contributed by atoms with Crippen molar-refractivity contribution in [3.8, 4) is 0 Å². The minimum absolute atomic E-state index is 0.700. The molecule has 0 bridgehead atoms. The summed E-state index contributed by atoms with van der Waals surface area (Å²) in [4.78, 5) is 2.41. The summed E-state index contributed by atoms with van der Waals surface area (Å²) in [6.45, 7) is 14.7. The van der Waals surface area contributed by atoms with Crippen LogP contribution in [0.1, 0.15) is 20.8 Å². The summed E-state index contributed by atoms with van der Waals surface area (Å²) in [5.74, 6) is 0. The van der Waals surface area contributed by atoms with Crippen LogP contribution in [0.15, 0.2) is 0 Å². The Balaban J connectivity index is 3.03. The second kappa shape index (κ2) is 12.9. The van der Waals surface area contributed by atoms with Crippen LogP contribution in [0.25, 0.3) is 0 Å². The Morgan fingerprint density at radius 3 is 2.19 bits per heavy atom. The summed E-state index contributed by atoms with van der Waals surface area (Å²) in [5.41, 5.74) is 0. The predicted molar refractivity (Wildman–Crippen MR) is 68.0 cm³/mol. The van der Waals surface area contributed by atoms with E-state index in [4.69, 9.17) is 9.47 Å². The number of nitrogens with zero attached hydrogens (tertiary/aromatic N) is 1. The Morgan fingerprint density at radius 2 is 1.56 bits per heavy atom. The molecule has 0 aromatic rings. The Kier molecular flexibility index (Phi) is 12.8. The normalized spacial score (nSPS) is 11.2. The van der Waals surface area contributed by atoms with Crippen molar-refractivity contribution in [3.63, 3.8) is 0 Å². The lowest BCUT2D eigenvalue weighted by molar-refractivity contribution is 0.0539. The van der Waals surface area contributed by atoms with Gasteiger partial charge in [-0.15, -0.1) is 0 Å². The molecule has 0 aliphatic heterocycles. The SMILES string of the molecule is CCOCCOCCNCCN(CC)CC. The molecule has 0 radical (unpaired) electrons. The highest BCUT2D eigenvalue weighted by Crippen LogP contribution is 1.84. The van der Waals surface area contributed by atoms with Crippen molar-refractivity contribution in [1.29, 1.82) is 0 Å². The standard InChI is InChI=1S/C12H28N2O2/c1-4-14(5-2)9-7-13-8-10-16-12-11-15-6-3/h13H,4-12H2,1-3H3. The molecule has 0 spiro atoms. The van der Waals surface area contributed by atoms with E-state index in [0.29, 0.717) is 13.2 Å². The minimum atomic E-state index is 0.700. The van der Waals surface area contributed by atoms with Crippen LogP contribution in [0.5, 0.6) is 0 Å². The van der Waals surface area contributed by atoms with Gasteiger partial charge in [-0.05, 0) is 20.0 Å². The first-order valence-corrected chi connectivity index (χ1v) is 6.43. The number of likely N-dealkylation sites (N-methyl/N-ethyl adjacent to an activating group) is 1. The van der Waals surface area contributed by atoms with E-state index in [1.54, 1.807) is 0 Å². The van der Waals surface area contributed by atoms with Crippen molar-refractivity contribution in [2.45, 2.75) is 20.8 Å². The first-order chi connectivity index (χ1) is 7.85. The Bertz CT molecular complexity index is 130. The summed E-state index contributed by atoms with van der Waals surface area (Å²) in [7, 11) is 0. The fourth-order valence-electron chi connectivity index (χ4n) is 1.41. The second-order valence-corrected chi connectivity index (χ2v) is 3.59. The van der Waals surface area contributed by atoms with E-state index in [9.17, 15) is 0 Å². The van der Waals surface area contributed by atoms with Crippen LogP contribution in [-0.4, -0.2) is 64.1 Å². The molecule has 0 unspecified atom stereocenters. The topological polar surface area (TPSA) is 33.7 Å². The first-order valence-electron chi connectivity index (χ1n) is 6.43. The summed E-state index contributed by atoms with van der Waals surface area (Å²) >= 11 is 0. The fraction of sp³-hybridized carbons (Fsp3) is 1.00. The third kappa shape index (κ3) is 10.4. The molecule has 98 valence electrons. The quantitative estimate of drug-likeness (QED) is 0.508. The maximum absolute atomic E-state index is 5.39. The molecule has 4 nitrogen and oxygen atoms in total. The molecule has 0 aliphatic rings. The van der Waals surface area contributed by atoms with Crippen LogP contribution < -0.4 is 5.32 Å². The van der Waals surface area contributed by atoms with Crippen LogP contribution in [0.2, 0.25) is 0 Å². The number of hydrogen-bond acceptors (Lipinski definition) is 4. The molecule has 4 heteroatoms. The smallest absolute Gasteiger partial charge is 0.0701 e. The molecule has 0 aromatic carbocycles. The molecular weight excluding hydrogens is 204 g/mol. The van der Waals surface area contributed by atoms with Gasteiger partial charge in [-0.3, -0.25) is 0 Å². The molecule has 0 saturated carbocycles. The fourth-order valence-corrected chi connectivity index (χ4v) is 1.41. The Labute approximate surface area is 100 Å². The molecule has 16 heavy (non-hydrogen) atoms. The monoisotopic (exact) mass is 232 g/mol. The summed E-state index contributed by atoms with van der Waals surface area (Å²) in [5, 5.41) is 3.37. The van der Waals surface area contributed by atoms with Crippen molar-refractivity contribution < 1.29 is 9.47 Å². The van der Waals surface area contributed by atoms with Crippen molar-refractivity contribution >= 4 is 0 Å². The molecule has 1 N–H and O–H groups in total. The van der Waals surface area contributed by atoms with Crippen LogP contribution in [-0.2, 0) is 9.47 Å². The lowest BCUT2D eigenvalue weighted by atomic mass is 10.4. The van der Waals surface area contributed by atoms with Gasteiger partial charge in [0.15, 0.2) is 0 Å². The first kappa shape index (κ1) is 15.8. The Hall–Kier alpha value is -0.160. The molecule has 0 aromatic heterocycles. The zero-order chi connectivity index (χ0) is 12.1. The van der Waals surface area contributed by atoms with Gasteiger partial charge >= 0.3 is 0 Å². The highest BCUT2D eigenvalue weighted by molar-refractivity contribution is 4.55. The van der Waals surface area contributed by atoms with E-state index >= 15 is 0 Å². The van der Waals surface area contributed by atoms with Gasteiger partial charge < -0.3 is 19.7 Å². The second-order valence-electron chi connectivity index (χ2n) is 3.59. The highest BCUT2D eigenvalue weighted by Gasteiger charge is 1.96. The van der Waals surface area contributed by atoms with E-state index in [1.807, 2.05) is 6.92 Å². The molecule has 0 fully saturated rings. The average Bonchev–Trinajstić information content (AvgIpc) is 2.32. The minimum Gasteiger partial charge on any atom is -0.379 e. The van der Waals surface area contributed by atoms with Crippen molar-refractivity contribution in [1.82, 2.24) is 10.2 Å². The van der Waals surface area contributed by atoms with E-state index in [0.717, 1.165) is 45.9 Å². The number of hydrogen-bond donors (Lipinski definition) is 1. The van der Waals surface area contributed by atoms with Gasteiger partial charge in [0.2, 0.25) is 0 Å². The van der Waals surface area contributed by atoms with Gasteiger partial charge in [0.25, 0.3) is 0 Å². The Morgan fingerprint density at radius 1 is 0.875 bits per heavy atom. The molecule has 0 atom stereocenters. The third-order valence-corrected chi connectivity index (χ3v) is 2.50. The molecule has 0 heterocycles. The van der Waals surface area contributed by atoms with Gasteiger partial charge in [0.05, 0.1) is 19.8 Å². The van der Waals surface area contributed by atoms with E-state index in [-0.39, 0.29) is 0 Å². The van der Waals surface area contributed by atoms with Crippen molar-refractivity contribution in [2.24, 2.45) is 0 Å². The zero-order valence-electron chi connectivity index (χ0n) is 11.1. The predicted octanol–water partition coefficient (Wildman–Crippen LogP) is 0.971. The van der Waals surface area contributed by atoms with Crippen molar-refractivity contribution in [2.75, 3.05) is 59.2 Å². The van der Waals surface area contributed by atoms with Crippen LogP contribution >= 0.6 is 0 Å². The van der Waals surface area contributed by atoms with Gasteiger partial charge in [-0.1, -0.05) is 13.8 Å². The van der Waals surface area contributed by atoms with Crippen LogP contribution in [0.4, 0.5) is 0 Å². The van der Waals surface area contributed by atoms with Crippen LogP contribution in [0.3, 0.4) is 0 Å². The lowest BCUT2D eigenvalue weighted by Crippen LogP contribution is -2.33. The van der Waals surface area contributed by atoms with E-state index in [1.165, 1.54) is 0 Å². The number of nitrogens with one attached hydrogen (secondary N) is 1. The third-order valence-electron chi connectivity index (χ3n) is 2.50. The zero-order valence-corrected chi connectivity index (χ0v) is 11.1. The van der Waals surface area contributed by atoms with Gasteiger partial charge in [0, 0.05) is 26.2 Å². The molecule has 0 saturated heterocycles. The van der Waals surface area contributed by atoms with Crippen LogP contribution in [0, 0.1) is 0 Å². The molecule has 0 amide bonds. The molecule has 0 rings (SSSR count). The highest BCUT2D eigenvalue weighted by atomic mass is 16.5. The van der Waals surface area contributed by atoms with Crippen molar-refractivity contribution in [3.05, 3.63) is 0 Å². The molecule has 0 aliphatic carbocycles. The van der Waals surface area contributed by atoms with Gasteiger partial charge in [-0.25, -0.2) is 0 Å². The maximum atomic E-state index is 5.39. The largest absolute Gasteiger partial charge is 0.379 e. The molecular formula is C12H28N2O2. The summed E-state index contributed by atoms with van der Waals surface area (Å²) < 4.78 is 10.6.